The zero-order chi connectivity index (χ0) is 11.7. The molecule has 1 amide bonds. The summed E-state index contributed by atoms with van der Waals surface area (Å²) in [6, 6.07) is 4.58. The summed E-state index contributed by atoms with van der Waals surface area (Å²) >= 11 is 11.7. The molecule has 2 nitrogen and oxygen atoms in total. The molecule has 0 aromatic heterocycles. The molecular formula is C11H10Cl2FNO. The smallest absolute Gasteiger partial charge is 0.224 e. The maximum absolute atomic E-state index is 13.2. The SMILES string of the molecule is O=C1CC(Cl)CN1Cc1cccc(F)c1Cl. The van der Waals surface area contributed by atoms with Crippen molar-refractivity contribution in [2.75, 3.05) is 6.54 Å². The molecule has 0 saturated carbocycles. The normalized spacial score (nSPS) is 20.6. The van der Waals surface area contributed by atoms with Crippen LogP contribution in [0.1, 0.15) is 12.0 Å². The van der Waals surface area contributed by atoms with E-state index in [0.29, 0.717) is 25.1 Å². The number of nitrogens with zero attached hydrogens (tertiary/aromatic N) is 1. The van der Waals surface area contributed by atoms with Crippen LogP contribution in [-0.4, -0.2) is 22.7 Å². The molecule has 1 aliphatic rings. The van der Waals surface area contributed by atoms with E-state index >= 15 is 0 Å². The molecule has 0 N–H and O–H groups in total. The van der Waals surface area contributed by atoms with E-state index in [-0.39, 0.29) is 16.3 Å². The number of likely N-dealkylation sites (tertiary alicyclic amines) is 1. The predicted molar refractivity (Wildman–Crippen MR) is 61.1 cm³/mol. The van der Waals surface area contributed by atoms with Crippen LogP contribution in [0.15, 0.2) is 18.2 Å². The minimum absolute atomic E-state index is 0.0136. The molecular weight excluding hydrogens is 252 g/mol. The molecule has 1 aliphatic heterocycles. The fourth-order valence-electron chi connectivity index (χ4n) is 1.75. The average Bonchev–Trinajstić information content (AvgIpc) is 2.53. The number of halogens is 3. The standard InChI is InChI=1S/C11H10Cl2FNO/c12-8-4-10(16)15(6-8)5-7-2-1-3-9(14)11(7)13/h1-3,8H,4-6H2. The summed E-state index contributed by atoms with van der Waals surface area (Å²) in [5.74, 6) is -0.478. The van der Waals surface area contributed by atoms with E-state index in [4.69, 9.17) is 23.2 Å². The average molecular weight is 262 g/mol. The third kappa shape index (κ3) is 2.30. The van der Waals surface area contributed by atoms with Crippen molar-refractivity contribution in [3.8, 4) is 0 Å². The van der Waals surface area contributed by atoms with Gasteiger partial charge in [0.15, 0.2) is 0 Å². The number of amides is 1. The Morgan fingerprint density at radius 2 is 2.25 bits per heavy atom. The van der Waals surface area contributed by atoms with Gasteiger partial charge in [-0.2, -0.15) is 0 Å². The van der Waals surface area contributed by atoms with E-state index < -0.39 is 5.82 Å². The lowest BCUT2D eigenvalue weighted by atomic mass is 10.2. The monoisotopic (exact) mass is 261 g/mol. The van der Waals surface area contributed by atoms with E-state index in [1.165, 1.54) is 6.07 Å². The minimum atomic E-state index is -0.465. The number of alkyl halides is 1. The van der Waals surface area contributed by atoms with Gasteiger partial charge >= 0.3 is 0 Å². The summed E-state index contributed by atoms with van der Waals surface area (Å²) in [5.41, 5.74) is 0.612. The number of benzene rings is 1. The number of carbonyl (C=O) groups is 1. The fraction of sp³-hybridized carbons (Fsp3) is 0.364. The lowest BCUT2D eigenvalue weighted by Crippen LogP contribution is -2.24. The molecule has 1 unspecified atom stereocenters. The van der Waals surface area contributed by atoms with Crippen LogP contribution in [-0.2, 0) is 11.3 Å². The zero-order valence-electron chi connectivity index (χ0n) is 8.42. The van der Waals surface area contributed by atoms with E-state index in [9.17, 15) is 9.18 Å². The van der Waals surface area contributed by atoms with Crippen molar-refractivity contribution < 1.29 is 9.18 Å². The van der Waals surface area contributed by atoms with Gasteiger partial charge in [0.05, 0.1) is 10.4 Å². The van der Waals surface area contributed by atoms with Gasteiger partial charge in [-0.15, -0.1) is 11.6 Å². The predicted octanol–water partition coefficient (Wildman–Crippen LogP) is 2.82. The highest BCUT2D eigenvalue weighted by atomic mass is 35.5. The Balaban J connectivity index is 2.15. The van der Waals surface area contributed by atoms with Crippen molar-refractivity contribution in [1.29, 1.82) is 0 Å². The molecule has 1 atom stereocenters. The summed E-state index contributed by atoms with van der Waals surface area (Å²) in [4.78, 5) is 13.1. The van der Waals surface area contributed by atoms with Crippen LogP contribution >= 0.6 is 23.2 Å². The molecule has 1 heterocycles. The van der Waals surface area contributed by atoms with Gasteiger partial charge in [-0.05, 0) is 11.6 Å². The first kappa shape index (κ1) is 11.7. The Hall–Kier alpha value is -0.800. The molecule has 0 radical (unpaired) electrons. The van der Waals surface area contributed by atoms with Gasteiger partial charge < -0.3 is 4.90 Å². The molecule has 1 aromatic carbocycles. The highest BCUT2D eigenvalue weighted by Crippen LogP contribution is 2.24. The van der Waals surface area contributed by atoms with Gasteiger partial charge in [0, 0.05) is 19.5 Å². The third-order valence-electron chi connectivity index (χ3n) is 2.56. The van der Waals surface area contributed by atoms with Crippen LogP contribution in [0.3, 0.4) is 0 Å². The van der Waals surface area contributed by atoms with Crippen molar-refractivity contribution in [3.63, 3.8) is 0 Å². The lowest BCUT2D eigenvalue weighted by Gasteiger charge is -2.16. The van der Waals surface area contributed by atoms with Crippen molar-refractivity contribution in [3.05, 3.63) is 34.6 Å². The second kappa shape index (κ2) is 4.60. The fourth-order valence-corrected chi connectivity index (χ4v) is 2.24. The van der Waals surface area contributed by atoms with E-state index in [0.717, 1.165) is 0 Å². The first-order chi connectivity index (χ1) is 7.58. The molecule has 1 aromatic rings. The molecule has 0 spiro atoms. The summed E-state index contributed by atoms with van der Waals surface area (Å²) in [6.07, 6.45) is 0.342. The molecule has 16 heavy (non-hydrogen) atoms. The zero-order valence-corrected chi connectivity index (χ0v) is 9.93. The second-order valence-corrected chi connectivity index (χ2v) is 4.78. The summed E-state index contributed by atoms with van der Waals surface area (Å²) in [7, 11) is 0. The van der Waals surface area contributed by atoms with Gasteiger partial charge in [-0.1, -0.05) is 23.7 Å². The van der Waals surface area contributed by atoms with Gasteiger partial charge in [-0.3, -0.25) is 4.79 Å². The summed E-state index contributed by atoms with van der Waals surface area (Å²) in [6.45, 7) is 0.811. The maximum atomic E-state index is 13.2. The third-order valence-corrected chi connectivity index (χ3v) is 3.28. The van der Waals surface area contributed by atoms with Crippen molar-refractivity contribution >= 4 is 29.1 Å². The van der Waals surface area contributed by atoms with Crippen LogP contribution in [0.2, 0.25) is 5.02 Å². The number of hydrogen-bond donors (Lipinski definition) is 0. The lowest BCUT2D eigenvalue weighted by molar-refractivity contribution is -0.128. The first-order valence-electron chi connectivity index (χ1n) is 4.92. The second-order valence-electron chi connectivity index (χ2n) is 3.79. The van der Waals surface area contributed by atoms with E-state index in [2.05, 4.69) is 0 Å². The van der Waals surface area contributed by atoms with Crippen LogP contribution in [0, 0.1) is 5.82 Å². The van der Waals surface area contributed by atoms with Crippen LogP contribution in [0.5, 0.6) is 0 Å². The first-order valence-corrected chi connectivity index (χ1v) is 5.74. The summed E-state index contributed by atoms with van der Waals surface area (Å²) in [5, 5.41) is -0.0758. The Morgan fingerprint density at radius 1 is 1.50 bits per heavy atom. The molecule has 5 heteroatoms. The van der Waals surface area contributed by atoms with Crippen LogP contribution in [0.4, 0.5) is 4.39 Å². The topological polar surface area (TPSA) is 20.3 Å². The van der Waals surface area contributed by atoms with Crippen LogP contribution in [0.25, 0.3) is 0 Å². The van der Waals surface area contributed by atoms with Crippen LogP contribution < -0.4 is 0 Å². The van der Waals surface area contributed by atoms with Crippen molar-refractivity contribution in [2.45, 2.75) is 18.3 Å². The maximum Gasteiger partial charge on any atom is 0.224 e. The Labute approximate surface area is 103 Å². The number of rotatable bonds is 2. The van der Waals surface area contributed by atoms with Gasteiger partial charge in [0.2, 0.25) is 5.91 Å². The molecule has 86 valence electrons. The Kier molecular flexibility index (Phi) is 3.36. The van der Waals surface area contributed by atoms with E-state index in [1.54, 1.807) is 17.0 Å². The summed E-state index contributed by atoms with van der Waals surface area (Å²) < 4.78 is 13.2. The molecule has 1 saturated heterocycles. The van der Waals surface area contributed by atoms with Gasteiger partial charge in [-0.25, -0.2) is 4.39 Å². The van der Waals surface area contributed by atoms with Crippen molar-refractivity contribution in [2.24, 2.45) is 0 Å². The number of carbonyl (C=O) groups excluding carboxylic acids is 1. The molecule has 0 bridgehead atoms. The van der Waals surface area contributed by atoms with Gasteiger partial charge in [0.25, 0.3) is 0 Å². The minimum Gasteiger partial charge on any atom is -0.337 e. The molecule has 1 fully saturated rings. The largest absolute Gasteiger partial charge is 0.337 e. The van der Waals surface area contributed by atoms with E-state index in [1.807, 2.05) is 0 Å². The van der Waals surface area contributed by atoms with Crippen molar-refractivity contribution in [1.82, 2.24) is 4.90 Å². The number of hydrogen-bond acceptors (Lipinski definition) is 1. The highest BCUT2D eigenvalue weighted by molar-refractivity contribution is 6.31. The quantitative estimate of drug-likeness (QED) is 0.750. The van der Waals surface area contributed by atoms with Gasteiger partial charge in [0.1, 0.15) is 5.82 Å². The highest BCUT2D eigenvalue weighted by Gasteiger charge is 2.28. The molecule has 0 aliphatic carbocycles. The Bertz CT molecular complexity index is 424. The Morgan fingerprint density at radius 3 is 2.88 bits per heavy atom. The molecule has 2 rings (SSSR count).